The molecule has 0 heterocycles. The third kappa shape index (κ3) is 4.12. The fourth-order valence-electron chi connectivity index (χ4n) is 1.90. The van der Waals surface area contributed by atoms with E-state index in [0.29, 0.717) is 16.8 Å². The maximum Gasteiger partial charge on any atom is 0.255 e. The number of hydrogen-bond acceptors (Lipinski definition) is 2. The number of carbonyl (C=O) groups excluding carboxylic acids is 1. The molecule has 0 aliphatic heterocycles. The minimum Gasteiger partial charge on any atom is -0.389 e. The largest absolute Gasteiger partial charge is 0.389 e. The molecule has 0 aliphatic carbocycles. The normalized spacial score (nSPS) is 10.2. The van der Waals surface area contributed by atoms with Gasteiger partial charge in [-0.2, -0.15) is 0 Å². The minimum atomic E-state index is -0.213. The van der Waals surface area contributed by atoms with Gasteiger partial charge < -0.3 is 11.1 Å². The van der Waals surface area contributed by atoms with E-state index in [1.807, 2.05) is 25.1 Å². The first-order valence-corrected chi connectivity index (χ1v) is 8.04. The predicted molar refractivity (Wildman–Crippen MR) is 96.9 cm³/mol. The van der Waals surface area contributed by atoms with Gasteiger partial charge in [-0.3, -0.25) is 4.79 Å². The summed E-state index contributed by atoms with van der Waals surface area (Å²) in [7, 11) is 0. The smallest absolute Gasteiger partial charge is 0.255 e. The van der Waals surface area contributed by atoms with Crippen molar-refractivity contribution in [1.29, 1.82) is 0 Å². The number of nitrogens with two attached hydrogens (primary N) is 1. The maximum absolute atomic E-state index is 12.4. The van der Waals surface area contributed by atoms with Gasteiger partial charge in [0.1, 0.15) is 4.99 Å². The number of aryl methyl sites for hydroxylation is 1. The van der Waals surface area contributed by atoms with Crippen LogP contribution >= 0.6 is 44.1 Å². The van der Waals surface area contributed by atoms with E-state index in [1.165, 1.54) is 0 Å². The molecule has 0 aliphatic rings. The fourth-order valence-corrected chi connectivity index (χ4v) is 3.04. The molecule has 108 valence electrons. The zero-order chi connectivity index (χ0) is 15.6. The summed E-state index contributed by atoms with van der Waals surface area (Å²) in [6.45, 7) is 1.93. The average molecular weight is 428 g/mol. The Morgan fingerprint density at radius 2 is 1.86 bits per heavy atom. The Labute approximate surface area is 145 Å². The zero-order valence-corrected chi connectivity index (χ0v) is 15.1. The van der Waals surface area contributed by atoms with Crippen molar-refractivity contribution in [2.24, 2.45) is 5.73 Å². The topological polar surface area (TPSA) is 55.1 Å². The number of thiocarbonyl (C=S) groups is 1. The molecule has 0 aromatic heterocycles. The molecule has 6 heteroatoms. The summed E-state index contributed by atoms with van der Waals surface area (Å²) in [4.78, 5) is 12.6. The molecule has 2 aromatic rings. The third-order valence-corrected chi connectivity index (χ3v) is 3.97. The Kier molecular flexibility index (Phi) is 5.13. The molecule has 0 radical (unpaired) electrons. The van der Waals surface area contributed by atoms with E-state index >= 15 is 0 Å². The molecule has 0 saturated heterocycles. The lowest BCUT2D eigenvalue weighted by Crippen LogP contribution is -2.17. The van der Waals surface area contributed by atoms with E-state index < -0.39 is 0 Å². The van der Waals surface area contributed by atoms with Gasteiger partial charge in [0.25, 0.3) is 5.91 Å². The summed E-state index contributed by atoms with van der Waals surface area (Å²) >= 11 is 11.8. The number of benzene rings is 2. The van der Waals surface area contributed by atoms with Crippen molar-refractivity contribution in [2.45, 2.75) is 6.92 Å². The molecule has 0 spiro atoms. The molecule has 2 aromatic carbocycles. The van der Waals surface area contributed by atoms with E-state index in [2.05, 4.69) is 37.2 Å². The average Bonchev–Trinajstić information content (AvgIpc) is 2.37. The first-order valence-electron chi connectivity index (χ1n) is 6.04. The summed E-state index contributed by atoms with van der Waals surface area (Å²) in [5.74, 6) is -0.213. The maximum atomic E-state index is 12.4. The number of amides is 1. The van der Waals surface area contributed by atoms with Crippen LogP contribution in [0.3, 0.4) is 0 Å². The van der Waals surface area contributed by atoms with E-state index in [0.717, 1.165) is 14.5 Å². The van der Waals surface area contributed by atoms with Crippen molar-refractivity contribution in [2.75, 3.05) is 5.32 Å². The third-order valence-electron chi connectivity index (χ3n) is 2.80. The number of halogens is 2. The molecule has 3 N–H and O–H groups in total. The van der Waals surface area contributed by atoms with Crippen LogP contribution in [0.4, 0.5) is 5.69 Å². The molecular formula is C15H12Br2N2OS. The van der Waals surface area contributed by atoms with Gasteiger partial charge in [0, 0.05) is 20.1 Å². The van der Waals surface area contributed by atoms with Gasteiger partial charge in [0.05, 0.1) is 5.69 Å². The Morgan fingerprint density at radius 3 is 2.48 bits per heavy atom. The Morgan fingerprint density at radius 1 is 1.14 bits per heavy atom. The highest BCUT2D eigenvalue weighted by Crippen LogP contribution is 2.23. The van der Waals surface area contributed by atoms with E-state index in [1.54, 1.807) is 18.2 Å². The SMILES string of the molecule is Cc1cc(Br)cc(C(=O)Nc2cc(Br)ccc2C(N)=S)c1. The number of anilines is 1. The van der Waals surface area contributed by atoms with Gasteiger partial charge in [0.15, 0.2) is 0 Å². The second kappa shape index (κ2) is 6.68. The number of rotatable bonds is 3. The van der Waals surface area contributed by atoms with Crippen LogP contribution in [0.25, 0.3) is 0 Å². The van der Waals surface area contributed by atoms with Crippen LogP contribution in [0.5, 0.6) is 0 Å². The predicted octanol–water partition coefficient (Wildman–Crippen LogP) is 4.41. The summed E-state index contributed by atoms with van der Waals surface area (Å²) in [5.41, 5.74) is 8.46. The Balaban J connectivity index is 2.35. The van der Waals surface area contributed by atoms with Crippen molar-refractivity contribution in [3.8, 4) is 0 Å². The summed E-state index contributed by atoms with van der Waals surface area (Å²) in [5, 5.41) is 2.85. The van der Waals surface area contributed by atoms with Gasteiger partial charge in [-0.05, 0) is 48.9 Å². The van der Waals surface area contributed by atoms with E-state index in [9.17, 15) is 4.79 Å². The zero-order valence-electron chi connectivity index (χ0n) is 11.1. The summed E-state index contributed by atoms with van der Waals surface area (Å²) < 4.78 is 1.69. The van der Waals surface area contributed by atoms with Gasteiger partial charge in [-0.1, -0.05) is 44.1 Å². The van der Waals surface area contributed by atoms with Crippen LogP contribution in [0, 0.1) is 6.92 Å². The highest BCUT2D eigenvalue weighted by Gasteiger charge is 2.12. The molecule has 2 rings (SSSR count). The van der Waals surface area contributed by atoms with Crippen molar-refractivity contribution in [3.63, 3.8) is 0 Å². The van der Waals surface area contributed by atoms with Crippen molar-refractivity contribution < 1.29 is 4.79 Å². The van der Waals surface area contributed by atoms with Gasteiger partial charge in [-0.15, -0.1) is 0 Å². The number of hydrogen-bond donors (Lipinski definition) is 2. The molecule has 0 atom stereocenters. The minimum absolute atomic E-state index is 0.213. The quantitative estimate of drug-likeness (QED) is 0.713. The summed E-state index contributed by atoms with van der Waals surface area (Å²) in [6.07, 6.45) is 0. The van der Waals surface area contributed by atoms with E-state index in [4.69, 9.17) is 18.0 Å². The lowest BCUT2D eigenvalue weighted by atomic mass is 10.1. The molecule has 0 saturated carbocycles. The van der Waals surface area contributed by atoms with Crippen LogP contribution in [-0.4, -0.2) is 10.9 Å². The second-order valence-electron chi connectivity index (χ2n) is 4.53. The molecular weight excluding hydrogens is 416 g/mol. The van der Waals surface area contributed by atoms with Crippen molar-refractivity contribution in [3.05, 3.63) is 62.0 Å². The molecule has 0 fully saturated rings. The first-order chi connectivity index (χ1) is 9.86. The van der Waals surface area contributed by atoms with Crippen LogP contribution in [-0.2, 0) is 0 Å². The van der Waals surface area contributed by atoms with Crippen LogP contribution < -0.4 is 11.1 Å². The van der Waals surface area contributed by atoms with Crippen LogP contribution in [0.1, 0.15) is 21.5 Å². The molecule has 1 amide bonds. The van der Waals surface area contributed by atoms with E-state index in [-0.39, 0.29) is 10.9 Å². The number of carbonyl (C=O) groups is 1. The highest BCUT2D eigenvalue weighted by atomic mass is 79.9. The van der Waals surface area contributed by atoms with Crippen molar-refractivity contribution in [1.82, 2.24) is 0 Å². The Hall–Kier alpha value is -1.24. The first kappa shape index (κ1) is 16.1. The fraction of sp³-hybridized carbons (Fsp3) is 0.0667. The van der Waals surface area contributed by atoms with Gasteiger partial charge in [0.2, 0.25) is 0 Å². The Bertz CT molecular complexity index is 711. The standard InChI is InChI=1S/C15H12Br2N2OS/c1-8-4-9(6-11(17)5-8)15(20)19-13-7-10(16)2-3-12(13)14(18)21/h2-7H,1H3,(H2,18,21)(H,19,20). The summed E-state index contributed by atoms with van der Waals surface area (Å²) in [6, 6.07) is 10.9. The monoisotopic (exact) mass is 426 g/mol. The molecule has 0 unspecified atom stereocenters. The van der Waals surface area contributed by atoms with Crippen molar-refractivity contribution >= 4 is 60.7 Å². The lowest BCUT2D eigenvalue weighted by Gasteiger charge is -2.11. The lowest BCUT2D eigenvalue weighted by molar-refractivity contribution is 0.102. The van der Waals surface area contributed by atoms with Gasteiger partial charge in [-0.25, -0.2) is 0 Å². The number of nitrogens with one attached hydrogen (secondary N) is 1. The highest BCUT2D eigenvalue weighted by molar-refractivity contribution is 9.10. The second-order valence-corrected chi connectivity index (χ2v) is 6.80. The molecule has 3 nitrogen and oxygen atoms in total. The van der Waals surface area contributed by atoms with Gasteiger partial charge >= 0.3 is 0 Å². The molecule has 21 heavy (non-hydrogen) atoms. The van der Waals surface area contributed by atoms with Crippen LogP contribution in [0.2, 0.25) is 0 Å². The van der Waals surface area contributed by atoms with Crippen LogP contribution in [0.15, 0.2) is 45.3 Å². The molecule has 0 bridgehead atoms.